The van der Waals surface area contributed by atoms with Crippen LogP contribution in [0.1, 0.15) is 61.3 Å². The summed E-state index contributed by atoms with van der Waals surface area (Å²) in [5, 5.41) is 2.74. The Hall–Kier alpha value is -1.50. The topological polar surface area (TPSA) is 93.9 Å². The highest BCUT2D eigenvalue weighted by atomic mass is 16.6. The van der Waals surface area contributed by atoms with Crippen LogP contribution in [-0.2, 0) is 9.47 Å². The van der Waals surface area contributed by atoms with Gasteiger partial charge in [-0.15, -0.1) is 0 Å². The van der Waals surface area contributed by atoms with Gasteiger partial charge in [0.2, 0.25) is 0 Å². The summed E-state index contributed by atoms with van der Waals surface area (Å²) >= 11 is 0. The number of alkyl carbamates (subject to hydrolysis) is 1. The molecule has 2 amide bonds. The number of ether oxygens (including phenoxy) is 2. The Labute approximate surface area is 152 Å². The van der Waals surface area contributed by atoms with Gasteiger partial charge < -0.3 is 25.4 Å². The van der Waals surface area contributed by atoms with Crippen molar-refractivity contribution in [2.45, 2.75) is 72.5 Å². The minimum absolute atomic E-state index is 0.0675. The van der Waals surface area contributed by atoms with Crippen molar-refractivity contribution in [2.24, 2.45) is 11.7 Å². The van der Waals surface area contributed by atoms with Crippen molar-refractivity contribution in [3.05, 3.63) is 0 Å². The molecule has 0 aliphatic carbocycles. The third kappa shape index (κ3) is 13.5. The van der Waals surface area contributed by atoms with Gasteiger partial charge in [0.1, 0.15) is 11.2 Å². The molecule has 7 heteroatoms. The van der Waals surface area contributed by atoms with E-state index in [0.29, 0.717) is 26.2 Å². The molecule has 0 aliphatic heterocycles. The van der Waals surface area contributed by atoms with Gasteiger partial charge in [0.25, 0.3) is 0 Å². The molecule has 0 saturated carbocycles. The van der Waals surface area contributed by atoms with Crippen LogP contribution in [0.5, 0.6) is 0 Å². The fourth-order valence-electron chi connectivity index (χ4n) is 2.04. The van der Waals surface area contributed by atoms with E-state index in [4.69, 9.17) is 15.2 Å². The Morgan fingerprint density at radius 2 is 1.60 bits per heavy atom. The third-order valence-corrected chi connectivity index (χ3v) is 3.06. The number of carbonyl (C=O) groups is 2. The highest BCUT2D eigenvalue weighted by Crippen LogP contribution is 2.12. The molecule has 7 nitrogen and oxygen atoms in total. The number of nitrogens with zero attached hydrogens (tertiary/aromatic N) is 1. The van der Waals surface area contributed by atoms with Crippen LogP contribution in [0.15, 0.2) is 0 Å². The van der Waals surface area contributed by atoms with E-state index in [2.05, 4.69) is 5.32 Å². The van der Waals surface area contributed by atoms with Gasteiger partial charge in [-0.25, -0.2) is 9.59 Å². The van der Waals surface area contributed by atoms with Crippen molar-refractivity contribution in [2.75, 3.05) is 26.2 Å². The molecule has 0 aromatic rings. The summed E-state index contributed by atoms with van der Waals surface area (Å²) in [4.78, 5) is 25.8. The first-order chi connectivity index (χ1) is 11.3. The smallest absolute Gasteiger partial charge is 0.410 e. The van der Waals surface area contributed by atoms with Gasteiger partial charge in [0.05, 0.1) is 0 Å². The normalized spacial score (nSPS) is 13.1. The van der Waals surface area contributed by atoms with Crippen molar-refractivity contribution in [3.63, 3.8) is 0 Å². The third-order valence-electron chi connectivity index (χ3n) is 3.06. The van der Waals surface area contributed by atoms with E-state index in [1.54, 1.807) is 4.90 Å². The lowest BCUT2D eigenvalue weighted by Gasteiger charge is -2.29. The Morgan fingerprint density at radius 1 is 1.04 bits per heavy atom. The van der Waals surface area contributed by atoms with E-state index >= 15 is 0 Å². The van der Waals surface area contributed by atoms with Gasteiger partial charge in [-0.3, -0.25) is 0 Å². The molecular formula is C18H37N3O4. The molecule has 0 saturated heterocycles. The number of rotatable bonds is 8. The summed E-state index contributed by atoms with van der Waals surface area (Å²) in [5.74, 6) is 0.0675. The zero-order chi connectivity index (χ0) is 19.7. The molecule has 1 atom stereocenters. The number of carbonyl (C=O) groups excluding carboxylic acids is 2. The second kappa shape index (κ2) is 10.5. The average molecular weight is 360 g/mol. The SMILES string of the molecule is CC(CNC(=O)OC(C)(C)C)CN(CCCCN)C(=O)OC(C)(C)C. The predicted octanol–water partition coefficient (Wildman–Crippen LogP) is 3.12. The van der Waals surface area contributed by atoms with Crippen molar-refractivity contribution < 1.29 is 19.1 Å². The van der Waals surface area contributed by atoms with Crippen LogP contribution in [-0.4, -0.2) is 54.5 Å². The molecule has 3 N–H and O–H groups in total. The van der Waals surface area contributed by atoms with Gasteiger partial charge in [-0.2, -0.15) is 0 Å². The first-order valence-corrected chi connectivity index (χ1v) is 8.99. The minimum atomic E-state index is -0.540. The molecule has 0 spiro atoms. The first-order valence-electron chi connectivity index (χ1n) is 8.99. The molecule has 0 bridgehead atoms. The van der Waals surface area contributed by atoms with Crippen molar-refractivity contribution in [1.29, 1.82) is 0 Å². The molecule has 0 fully saturated rings. The fraction of sp³-hybridized carbons (Fsp3) is 0.889. The lowest BCUT2D eigenvalue weighted by atomic mass is 10.1. The van der Waals surface area contributed by atoms with Crippen LogP contribution in [0.4, 0.5) is 9.59 Å². The largest absolute Gasteiger partial charge is 0.444 e. The van der Waals surface area contributed by atoms with Crippen LogP contribution in [0, 0.1) is 5.92 Å². The number of amides is 2. The maximum atomic E-state index is 12.4. The van der Waals surface area contributed by atoms with Gasteiger partial charge in [-0.1, -0.05) is 6.92 Å². The lowest BCUT2D eigenvalue weighted by molar-refractivity contribution is 0.0220. The minimum Gasteiger partial charge on any atom is -0.444 e. The maximum absolute atomic E-state index is 12.4. The Bertz CT molecular complexity index is 414. The van der Waals surface area contributed by atoms with Crippen LogP contribution in [0.2, 0.25) is 0 Å². The Kier molecular flexibility index (Phi) is 9.85. The van der Waals surface area contributed by atoms with Crippen LogP contribution in [0.25, 0.3) is 0 Å². The zero-order valence-corrected chi connectivity index (χ0v) is 17.0. The highest BCUT2D eigenvalue weighted by Gasteiger charge is 2.24. The van der Waals surface area contributed by atoms with Crippen molar-refractivity contribution in [3.8, 4) is 0 Å². The van der Waals surface area contributed by atoms with Gasteiger partial charge in [-0.05, 0) is 66.8 Å². The summed E-state index contributed by atoms with van der Waals surface area (Å²) in [7, 11) is 0. The summed E-state index contributed by atoms with van der Waals surface area (Å²) in [6.07, 6.45) is 0.881. The molecule has 0 aliphatic rings. The summed E-state index contributed by atoms with van der Waals surface area (Å²) in [5.41, 5.74) is 4.46. The van der Waals surface area contributed by atoms with Crippen LogP contribution < -0.4 is 11.1 Å². The van der Waals surface area contributed by atoms with E-state index in [9.17, 15) is 9.59 Å². The molecule has 1 unspecified atom stereocenters. The average Bonchev–Trinajstić information content (AvgIpc) is 2.40. The van der Waals surface area contributed by atoms with E-state index in [1.165, 1.54) is 0 Å². The van der Waals surface area contributed by atoms with Gasteiger partial charge in [0.15, 0.2) is 0 Å². The predicted molar refractivity (Wildman–Crippen MR) is 99.5 cm³/mol. The number of hydrogen-bond donors (Lipinski definition) is 2. The van der Waals surface area contributed by atoms with E-state index in [-0.39, 0.29) is 12.0 Å². The number of hydrogen-bond acceptors (Lipinski definition) is 5. The molecule has 148 valence electrons. The number of nitrogens with two attached hydrogens (primary N) is 1. The molecule has 25 heavy (non-hydrogen) atoms. The Morgan fingerprint density at radius 3 is 2.08 bits per heavy atom. The maximum Gasteiger partial charge on any atom is 0.410 e. The van der Waals surface area contributed by atoms with Crippen molar-refractivity contribution >= 4 is 12.2 Å². The second-order valence-electron chi connectivity index (χ2n) is 8.41. The molecule has 0 aromatic heterocycles. The van der Waals surface area contributed by atoms with Crippen molar-refractivity contribution in [1.82, 2.24) is 10.2 Å². The zero-order valence-electron chi connectivity index (χ0n) is 17.0. The van der Waals surface area contributed by atoms with Gasteiger partial charge in [0, 0.05) is 19.6 Å². The van der Waals surface area contributed by atoms with Gasteiger partial charge >= 0.3 is 12.2 Å². The lowest BCUT2D eigenvalue weighted by Crippen LogP contribution is -2.42. The quantitative estimate of drug-likeness (QED) is 0.649. The standard InChI is InChI=1S/C18H37N3O4/c1-14(12-20-15(22)24-17(2,3)4)13-21(11-9-8-10-19)16(23)25-18(5,6)7/h14H,8-13,19H2,1-7H3,(H,20,22). The summed E-state index contributed by atoms with van der Waals surface area (Å²) in [6, 6.07) is 0. The Balaban J connectivity index is 4.55. The second-order valence-corrected chi connectivity index (χ2v) is 8.41. The van der Waals surface area contributed by atoms with E-state index < -0.39 is 17.3 Å². The van der Waals surface area contributed by atoms with E-state index in [0.717, 1.165) is 12.8 Å². The fourth-order valence-corrected chi connectivity index (χ4v) is 2.04. The number of unbranched alkanes of at least 4 members (excludes halogenated alkanes) is 1. The molecular weight excluding hydrogens is 322 g/mol. The first kappa shape index (κ1) is 23.5. The number of nitrogens with one attached hydrogen (secondary N) is 1. The molecule has 0 rings (SSSR count). The molecule has 0 aromatic carbocycles. The van der Waals surface area contributed by atoms with Crippen LogP contribution in [0.3, 0.4) is 0 Å². The monoisotopic (exact) mass is 359 g/mol. The molecule has 0 heterocycles. The summed E-state index contributed by atoms with van der Waals surface area (Å²) in [6.45, 7) is 15.1. The van der Waals surface area contributed by atoms with E-state index in [1.807, 2.05) is 48.5 Å². The summed E-state index contributed by atoms with van der Waals surface area (Å²) < 4.78 is 10.7. The molecule has 0 radical (unpaired) electrons. The highest BCUT2D eigenvalue weighted by molar-refractivity contribution is 5.68. The van der Waals surface area contributed by atoms with Crippen LogP contribution >= 0.6 is 0 Å².